The van der Waals surface area contributed by atoms with Crippen molar-refractivity contribution in [3.8, 4) is 0 Å². The Balaban J connectivity index is 1.63. The Kier molecular flexibility index (Phi) is 3.29. The molecule has 4 aliphatic carbocycles. The van der Waals surface area contributed by atoms with Crippen molar-refractivity contribution in [3.05, 3.63) is 34.4 Å². The van der Waals surface area contributed by atoms with E-state index in [2.05, 4.69) is 4.72 Å². The minimum absolute atomic E-state index is 0.0116. The normalized spacial score (nSPS) is 35.4. The zero-order valence-corrected chi connectivity index (χ0v) is 13.6. The second kappa shape index (κ2) is 5.01. The lowest BCUT2D eigenvalue weighted by molar-refractivity contribution is -0.385. The summed E-state index contributed by atoms with van der Waals surface area (Å²) in [6.07, 6.45) is 6.43. The lowest BCUT2D eigenvalue weighted by Crippen LogP contribution is -2.59. The molecule has 0 spiro atoms. The van der Waals surface area contributed by atoms with E-state index in [-0.39, 0.29) is 16.1 Å². The molecule has 1 aromatic rings. The Labute approximate surface area is 135 Å². The molecule has 23 heavy (non-hydrogen) atoms. The Bertz CT molecular complexity index is 724. The highest BCUT2D eigenvalue weighted by atomic mass is 32.2. The molecule has 6 nitrogen and oxygen atoms in total. The molecule has 0 unspecified atom stereocenters. The fourth-order valence-electron chi connectivity index (χ4n) is 5.34. The fourth-order valence-corrected chi connectivity index (χ4v) is 6.82. The van der Waals surface area contributed by atoms with Crippen LogP contribution in [-0.2, 0) is 10.0 Å². The van der Waals surface area contributed by atoms with E-state index in [0.29, 0.717) is 17.8 Å². The standard InChI is InChI=1S/C16H20N2O4S/c19-18(20)14-2-1-3-15(7-14)23(21,22)17-16-8-11-4-12(9-16)6-13(5-11)10-16/h1-3,7,11-13,17H,4-6,8-10H2. The van der Waals surface area contributed by atoms with Gasteiger partial charge in [-0.2, -0.15) is 0 Å². The van der Waals surface area contributed by atoms with Gasteiger partial charge in [0.2, 0.25) is 10.0 Å². The molecule has 0 amide bonds. The summed E-state index contributed by atoms with van der Waals surface area (Å²) in [4.78, 5) is 10.3. The van der Waals surface area contributed by atoms with Crippen LogP contribution in [0.1, 0.15) is 38.5 Å². The van der Waals surface area contributed by atoms with Crippen LogP contribution in [0, 0.1) is 27.9 Å². The van der Waals surface area contributed by atoms with E-state index in [9.17, 15) is 18.5 Å². The summed E-state index contributed by atoms with van der Waals surface area (Å²) in [5, 5.41) is 10.9. The highest BCUT2D eigenvalue weighted by Crippen LogP contribution is 2.55. The summed E-state index contributed by atoms with van der Waals surface area (Å²) in [5.74, 6) is 1.90. The van der Waals surface area contributed by atoms with Gasteiger partial charge in [0, 0.05) is 17.7 Å². The predicted octanol–water partition coefficient (Wildman–Crippen LogP) is 2.84. The van der Waals surface area contributed by atoms with E-state index < -0.39 is 14.9 Å². The summed E-state index contributed by atoms with van der Waals surface area (Å²) >= 11 is 0. The Morgan fingerprint density at radius 1 is 1.09 bits per heavy atom. The highest BCUT2D eigenvalue weighted by molar-refractivity contribution is 7.89. The topological polar surface area (TPSA) is 89.3 Å². The van der Waals surface area contributed by atoms with Crippen molar-refractivity contribution < 1.29 is 13.3 Å². The van der Waals surface area contributed by atoms with E-state index in [0.717, 1.165) is 25.3 Å². The SMILES string of the molecule is O=[N+]([O-])c1cccc(S(=O)(=O)NC23CC4CC(CC(C4)C2)C3)c1. The molecule has 0 radical (unpaired) electrons. The van der Waals surface area contributed by atoms with Gasteiger partial charge in [0.05, 0.1) is 9.82 Å². The number of nitrogens with one attached hydrogen (secondary N) is 1. The van der Waals surface area contributed by atoms with Crippen LogP contribution >= 0.6 is 0 Å². The molecular formula is C16H20N2O4S. The zero-order chi connectivity index (χ0) is 16.2. The first-order chi connectivity index (χ1) is 10.9. The molecule has 0 heterocycles. The van der Waals surface area contributed by atoms with E-state index in [1.807, 2.05) is 0 Å². The molecule has 4 fully saturated rings. The summed E-state index contributed by atoms with van der Waals surface area (Å²) in [6, 6.07) is 5.30. The van der Waals surface area contributed by atoms with Gasteiger partial charge in [-0.15, -0.1) is 0 Å². The number of nitro benzene ring substituents is 1. The minimum Gasteiger partial charge on any atom is -0.258 e. The van der Waals surface area contributed by atoms with Gasteiger partial charge in [-0.1, -0.05) is 6.07 Å². The van der Waals surface area contributed by atoms with Crippen molar-refractivity contribution in [3.63, 3.8) is 0 Å². The minimum atomic E-state index is -3.73. The van der Waals surface area contributed by atoms with Gasteiger partial charge in [0.25, 0.3) is 5.69 Å². The molecule has 1 N–H and O–H groups in total. The van der Waals surface area contributed by atoms with Gasteiger partial charge < -0.3 is 0 Å². The first-order valence-electron chi connectivity index (χ1n) is 8.14. The predicted molar refractivity (Wildman–Crippen MR) is 84.3 cm³/mol. The molecule has 4 saturated carbocycles. The van der Waals surface area contributed by atoms with Crippen molar-refractivity contribution in [2.45, 2.75) is 49.0 Å². The molecule has 7 heteroatoms. The molecule has 0 aromatic heterocycles. The van der Waals surface area contributed by atoms with E-state index >= 15 is 0 Å². The lowest BCUT2D eigenvalue weighted by atomic mass is 9.53. The Morgan fingerprint density at radius 3 is 2.17 bits per heavy atom. The number of benzene rings is 1. The second-order valence-electron chi connectivity index (χ2n) is 7.56. The number of hydrogen-bond donors (Lipinski definition) is 1. The third-order valence-corrected chi connectivity index (χ3v) is 7.30. The first-order valence-corrected chi connectivity index (χ1v) is 9.62. The van der Waals surface area contributed by atoms with Crippen LogP contribution in [-0.4, -0.2) is 18.9 Å². The van der Waals surface area contributed by atoms with Crippen LogP contribution in [0.25, 0.3) is 0 Å². The lowest BCUT2D eigenvalue weighted by Gasteiger charge is -2.56. The van der Waals surface area contributed by atoms with E-state index in [4.69, 9.17) is 0 Å². The first kappa shape index (κ1) is 15.1. The van der Waals surface area contributed by atoms with Crippen LogP contribution in [0.15, 0.2) is 29.2 Å². The van der Waals surface area contributed by atoms with Gasteiger partial charge in [-0.3, -0.25) is 10.1 Å². The molecular weight excluding hydrogens is 316 g/mol. The number of non-ortho nitro benzene ring substituents is 1. The van der Waals surface area contributed by atoms with Gasteiger partial charge in [0.15, 0.2) is 0 Å². The molecule has 124 valence electrons. The van der Waals surface area contributed by atoms with Gasteiger partial charge >= 0.3 is 0 Å². The largest absolute Gasteiger partial charge is 0.270 e. The summed E-state index contributed by atoms with van der Waals surface area (Å²) in [6.45, 7) is 0. The van der Waals surface area contributed by atoms with Crippen LogP contribution in [0.3, 0.4) is 0 Å². The van der Waals surface area contributed by atoms with Gasteiger partial charge in [0.1, 0.15) is 0 Å². The second-order valence-corrected chi connectivity index (χ2v) is 9.24. The maximum atomic E-state index is 12.8. The number of rotatable bonds is 4. The van der Waals surface area contributed by atoms with Crippen molar-refractivity contribution in [2.75, 3.05) is 0 Å². The third-order valence-electron chi connectivity index (χ3n) is 5.73. The van der Waals surface area contributed by atoms with Gasteiger partial charge in [-0.25, -0.2) is 13.1 Å². The number of sulfonamides is 1. The summed E-state index contributed by atoms with van der Waals surface area (Å²) < 4.78 is 28.4. The van der Waals surface area contributed by atoms with Gasteiger partial charge in [-0.05, 0) is 62.3 Å². The number of nitrogens with zero attached hydrogens (tertiary/aromatic N) is 1. The van der Waals surface area contributed by atoms with Crippen LogP contribution in [0.5, 0.6) is 0 Å². The van der Waals surface area contributed by atoms with E-state index in [1.54, 1.807) is 0 Å². The quantitative estimate of drug-likeness (QED) is 0.676. The maximum Gasteiger partial charge on any atom is 0.270 e. The number of hydrogen-bond acceptors (Lipinski definition) is 4. The Hall–Kier alpha value is -1.47. The fraction of sp³-hybridized carbons (Fsp3) is 0.625. The van der Waals surface area contributed by atoms with Crippen LogP contribution < -0.4 is 4.72 Å². The zero-order valence-electron chi connectivity index (χ0n) is 12.8. The molecule has 1 aromatic carbocycles. The van der Waals surface area contributed by atoms with Crippen molar-refractivity contribution >= 4 is 15.7 Å². The van der Waals surface area contributed by atoms with Crippen LogP contribution in [0.2, 0.25) is 0 Å². The molecule has 0 aliphatic heterocycles. The highest BCUT2D eigenvalue weighted by Gasteiger charge is 2.52. The van der Waals surface area contributed by atoms with E-state index in [1.165, 1.54) is 37.5 Å². The molecule has 0 atom stereocenters. The molecule has 0 saturated heterocycles. The maximum absolute atomic E-state index is 12.8. The monoisotopic (exact) mass is 336 g/mol. The average molecular weight is 336 g/mol. The van der Waals surface area contributed by atoms with Crippen molar-refractivity contribution in [1.82, 2.24) is 4.72 Å². The Morgan fingerprint density at radius 2 is 1.65 bits per heavy atom. The smallest absolute Gasteiger partial charge is 0.258 e. The molecule has 5 rings (SSSR count). The number of nitro groups is 1. The van der Waals surface area contributed by atoms with Crippen LogP contribution in [0.4, 0.5) is 5.69 Å². The molecule has 4 aliphatic rings. The third kappa shape index (κ3) is 2.65. The average Bonchev–Trinajstić information content (AvgIpc) is 2.44. The van der Waals surface area contributed by atoms with Crippen molar-refractivity contribution in [2.24, 2.45) is 17.8 Å². The van der Waals surface area contributed by atoms with Crippen molar-refractivity contribution in [1.29, 1.82) is 0 Å². The molecule has 4 bridgehead atoms. The summed E-state index contributed by atoms with van der Waals surface area (Å²) in [5.41, 5.74) is -0.531. The summed E-state index contributed by atoms with van der Waals surface area (Å²) in [7, 11) is -3.73.